The molecule has 0 aliphatic rings. The molecule has 2 amide bonds. The molecule has 25 heavy (non-hydrogen) atoms. The maximum Gasteiger partial charge on any atom is 0.315 e. The van der Waals surface area contributed by atoms with Crippen LogP contribution in [0, 0.1) is 0 Å². The van der Waals surface area contributed by atoms with Gasteiger partial charge in [-0.25, -0.2) is 4.79 Å². The fraction of sp³-hybridized carbons (Fsp3) is 0.350. The van der Waals surface area contributed by atoms with Gasteiger partial charge in [0.15, 0.2) is 0 Å². The number of carbonyl (C=O) groups is 1. The predicted octanol–water partition coefficient (Wildman–Crippen LogP) is 3.24. The molecule has 0 fully saturated rings. The lowest BCUT2D eigenvalue weighted by atomic mass is 9.98. The Balaban J connectivity index is 2.20. The van der Waals surface area contributed by atoms with Crippen LogP contribution in [0.1, 0.15) is 36.9 Å². The van der Waals surface area contributed by atoms with Crippen LogP contribution < -0.4 is 15.4 Å². The summed E-state index contributed by atoms with van der Waals surface area (Å²) in [5.74, 6) is 0.727. The van der Waals surface area contributed by atoms with E-state index in [4.69, 9.17) is 9.84 Å². The fourth-order valence-corrected chi connectivity index (χ4v) is 2.76. The van der Waals surface area contributed by atoms with E-state index in [1.165, 1.54) is 0 Å². The molecule has 5 nitrogen and oxygen atoms in total. The highest BCUT2D eigenvalue weighted by molar-refractivity contribution is 5.75. The Morgan fingerprint density at radius 1 is 1.08 bits per heavy atom. The van der Waals surface area contributed by atoms with Crippen LogP contribution in [0.25, 0.3) is 0 Å². The van der Waals surface area contributed by atoms with Crippen molar-refractivity contribution in [3.8, 4) is 5.75 Å². The molecule has 2 rings (SSSR count). The maximum absolute atomic E-state index is 12.4. The maximum atomic E-state index is 12.4. The summed E-state index contributed by atoms with van der Waals surface area (Å²) >= 11 is 0. The summed E-state index contributed by atoms with van der Waals surface area (Å²) in [6.45, 7) is 2.05. The van der Waals surface area contributed by atoms with Crippen molar-refractivity contribution in [2.75, 3.05) is 13.7 Å². The number of amides is 2. The second kappa shape index (κ2) is 9.69. The van der Waals surface area contributed by atoms with Crippen molar-refractivity contribution >= 4 is 6.03 Å². The van der Waals surface area contributed by atoms with Crippen LogP contribution in [0.5, 0.6) is 5.75 Å². The van der Waals surface area contributed by atoms with Crippen LogP contribution in [-0.2, 0) is 0 Å². The third-order valence-electron chi connectivity index (χ3n) is 4.03. The molecule has 0 radical (unpaired) electrons. The monoisotopic (exact) mass is 342 g/mol. The molecule has 0 saturated heterocycles. The van der Waals surface area contributed by atoms with E-state index >= 15 is 0 Å². The Kier molecular flexibility index (Phi) is 7.29. The van der Waals surface area contributed by atoms with Gasteiger partial charge in [-0.15, -0.1) is 0 Å². The van der Waals surface area contributed by atoms with Gasteiger partial charge in [-0.1, -0.05) is 48.5 Å². The van der Waals surface area contributed by atoms with Crippen molar-refractivity contribution in [3.05, 3.63) is 65.7 Å². The van der Waals surface area contributed by atoms with Gasteiger partial charge in [0.05, 0.1) is 13.2 Å². The van der Waals surface area contributed by atoms with E-state index in [0.717, 1.165) is 23.3 Å². The third-order valence-corrected chi connectivity index (χ3v) is 4.03. The number of aliphatic hydroxyl groups excluding tert-OH is 1. The number of hydrogen-bond acceptors (Lipinski definition) is 3. The van der Waals surface area contributed by atoms with Crippen LogP contribution in [0.4, 0.5) is 4.79 Å². The van der Waals surface area contributed by atoms with Crippen LogP contribution in [0.15, 0.2) is 54.6 Å². The van der Waals surface area contributed by atoms with E-state index < -0.39 is 0 Å². The Hall–Kier alpha value is -2.53. The number of urea groups is 1. The summed E-state index contributed by atoms with van der Waals surface area (Å²) < 4.78 is 5.46. The number of methoxy groups -OCH3 is 1. The number of hydrogen-bond donors (Lipinski definition) is 3. The van der Waals surface area contributed by atoms with Crippen molar-refractivity contribution in [2.45, 2.75) is 31.8 Å². The fourth-order valence-electron chi connectivity index (χ4n) is 2.76. The van der Waals surface area contributed by atoms with Gasteiger partial charge in [-0.3, -0.25) is 0 Å². The molecule has 134 valence electrons. The van der Waals surface area contributed by atoms with E-state index in [0.29, 0.717) is 6.42 Å². The Labute approximate surface area is 149 Å². The molecule has 2 atom stereocenters. The second-order valence-corrected chi connectivity index (χ2v) is 5.97. The molecule has 2 aromatic rings. The van der Waals surface area contributed by atoms with E-state index in [-0.39, 0.29) is 24.7 Å². The molecule has 0 aromatic heterocycles. The highest BCUT2D eigenvalue weighted by atomic mass is 16.5. The summed E-state index contributed by atoms with van der Waals surface area (Å²) in [6.07, 6.45) is 1.39. The van der Waals surface area contributed by atoms with E-state index in [1.54, 1.807) is 7.11 Å². The van der Waals surface area contributed by atoms with Crippen molar-refractivity contribution < 1.29 is 14.6 Å². The van der Waals surface area contributed by atoms with Crippen LogP contribution in [0.2, 0.25) is 0 Å². The SMILES string of the molecule is COc1ccccc1C(NC(=O)NC(C)CCCO)c1ccccc1. The van der Waals surface area contributed by atoms with Gasteiger partial charge in [0, 0.05) is 18.2 Å². The average Bonchev–Trinajstić information content (AvgIpc) is 2.65. The first-order chi connectivity index (χ1) is 12.2. The summed E-state index contributed by atoms with van der Waals surface area (Å²) in [6, 6.07) is 16.9. The molecule has 0 saturated carbocycles. The minimum absolute atomic E-state index is 0.0127. The first-order valence-electron chi connectivity index (χ1n) is 8.51. The van der Waals surface area contributed by atoms with Crippen molar-refractivity contribution in [3.63, 3.8) is 0 Å². The Bertz CT molecular complexity index is 661. The minimum atomic E-state index is -0.317. The Morgan fingerprint density at radius 2 is 1.76 bits per heavy atom. The molecule has 0 spiro atoms. The standard InChI is InChI=1S/C20H26N2O3/c1-15(9-8-14-23)21-20(24)22-19(16-10-4-3-5-11-16)17-12-6-7-13-18(17)25-2/h3-7,10-13,15,19,23H,8-9,14H2,1-2H3,(H2,21,22,24). The molecular weight excluding hydrogens is 316 g/mol. The number of benzene rings is 2. The third kappa shape index (κ3) is 5.50. The minimum Gasteiger partial charge on any atom is -0.496 e. The van der Waals surface area contributed by atoms with Crippen molar-refractivity contribution in [1.82, 2.24) is 10.6 Å². The molecule has 2 aromatic carbocycles. The summed E-state index contributed by atoms with van der Waals surface area (Å²) in [7, 11) is 1.62. The highest BCUT2D eigenvalue weighted by Gasteiger charge is 2.20. The van der Waals surface area contributed by atoms with Gasteiger partial charge in [0.2, 0.25) is 0 Å². The summed E-state index contributed by atoms with van der Waals surface area (Å²) in [4.78, 5) is 12.4. The normalized spacial score (nSPS) is 12.9. The molecule has 2 unspecified atom stereocenters. The zero-order valence-electron chi connectivity index (χ0n) is 14.7. The van der Waals surface area contributed by atoms with Gasteiger partial charge in [0.1, 0.15) is 5.75 Å². The zero-order chi connectivity index (χ0) is 18.1. The molecule has 5 heteroatoms. The van der Waals surface area contributed by atoms with Gasteiger partial charge in [-0.2, -0.15) is 0 Å². The lowest BCUT2D eigenvalue weighted by Crippen LogP contribution is -2.42. The molecule has 0 aliphatic heterocycles. The number of ether oxygens (including phenoxy) is 1. The lowest BCUT2D eigenvalue weighted by Gasteiger charge is -2.23. The molecular formula is C20H26N2O3. The van der Waals surface area contributed by atoms with Crippen molar-refractivity contribution in [1.29, 1.82) is 0 Å². The average molecular weight is 342 g/mol. The number of nitrogens with one attached hydrogen (secondary N) is 2. The number of carbonyl (C=O) groups excluding carboxylic acids is 1. The van der Waals surface area contributed by atoms with Crippen molar-refractivity contribution in [2.24, 2.45) is 0 Å². The number of rotatable bonds is 8. The van der Waals surface area contributed by atoms with E-state index in [9.17, 15) is 4.79 Å². The predicted molar refractivity (Wildman–Crippen MR) is 98.7 cm³/mol. The summed E-state index contributed by atoms with van der Waals surface area (Å²) in [5.41, 5.74) is 1.87. The Morgan fingerprint density at radius 3 is 2.44 bits per heavy atom. The summed E-state index contributed by atoms with van der Waals surface area (Å²) in [5, 5.41) is 14.9. The van der Waals surface area contributed by atoms with E-state index in [2.05, 4.69) is 10.6 Å². The smallest absolute Gasteiger partial charge is 0.315 e. The lowest BCUT2D eigenvalue weighted by molar-refractivity contribution is 0.232. The van der Waals surface area contributed by atoms with E-state index in [1.807, 2.05) is 61.5 Å². The van der Waals surface area contributed by atoms with Crippen LogP contribution in [0.3, 0.4) is 0 Å². The van der Waals surface area contributed by atoms with Gasteiger partial charge in [-0.05, 0) is 31.4 Å². The quantitative estimate of drug-likeness (QED) is 0.690. The number of aliphatic hydroxyl groups is 1. The van der Waals surface area contributed by atoms with Gasteiger partial charge < -0.3 is 20.5 Å². The van der Waals surface area contributed by atoms with Gasteiger partial charge in [0.25, 0.3) is 0 Å². The highest BCUT2D eigenvalue weighted by Crippen LogP contribution is 2.29. The second-order valence-electron chi connectivity index (χ2n) is 5.97. The molecule has 0 aliphatic carbocycles. The first kappa shape index (κ1) is 18.8. The van der Waals surface area contributed by atoms with Gasteiger partial charge >= 0.3 is 6.03 Å². The molecule has 0 heterocycles. The van der Waals surface area contributed by atoms with Crippen LogP contribution in [-0.4, -0.2) is 30.9 Å². The topological polar surface area (TPSA) is 70.6 Å². The molecule has 3 N–H and O–H groups in total. The first-order valence-corrected chi connectivity index (χ1v) is 8.51. The van der Waals surface area contributed by atoms with Crippen LogP contribution >= 0.6 is 0 Å². The molecule has 0 bridgehead atoms. The largest absolute Gasteiger partial charge is 0.496 e. The zero-order valence-corrected chi connectivity index (χ0v) is 14.7. The number of para-hydroxylation sites is 1.